The van der Waals surface area contributed by atoms with Crippen LogP contribution >= 0.6 is 0 Å². The van der Waals surface area contributed by atoms with Gasteiger partial charge in [0, 0.05) is 6.04 Å². The highest BCUT2D eigenvalue weighted by Gasteiger charge is 2.07. The Labute approximate surface area is 110 Å². The molecular formula is C17H21N. The Hall–Kier alpha value is -1.60. The topological polar surface area (TPSA) is 26.0 Å². The number of nitrogens with two attached hydrogens (primary N) is 1. The molecule has 2 aromatic carbocycles. The van der Waals surface area contributed by atoms with Crippen LogP contribution in [0, 0.1) is 6.92 Å². The molecule has 0 aliphatic carbocycles. The first-order valence-electron chi connectivity index (χ1n) is 6.59. The molecule has 94 valence electrons. The minimum Gasteiger partial charge on any atom is -0.324 e. The summed E-state index contributed by atoms with van der Waals surface area (Å²) in [5, 5.41) is 0. The molecule has 0 amide bonds. The summed E-state index contributed by atoms with van der Waals surface area (Å²) in [7, 11) is 0. The van der Waals surface area contributed by atoms with Crippen LogP contribution in [0.4, 0.5) is 0 Å². The number of hydrogen-bond donors (Lipinski definition) is 1. The highest BCUT2D eigenvalue weighted by atomic mass is 14.6. The van der Waals surface area contributed by atoms with Crippen molar-refractivity contribution in [3.05, 3.63) is 70.8 Å². The average molecular weight is 239 g/mol. The lowest BCUT2D eigenvalue weighted by molar-refractivity contribution is 0.721. The lowest BCUT2D eigenvalue weighted by atomic mass is 9.97. The Kier molecular flexibility index (Phi) is 4.16. The maximum Gasteiger partial charge on any atom is 0.0335 e. The summed E-state index contributed by atoms with van der Waals surface area (Å²) in [6.07, 6.45) is 1.97. The monoisotopic (exact) mass is 239 g/mol. The number of benzene rings is 2. The van der Waals surface area contributed by atoms with Gasteiger partial charge >= 0.3 is 0 Å². The van der Waals surface area contributed by atoms with Crippen LogP contribution in [0.15, 0.2) is 48.5 Å². The fourth-order valence-electron chi connectivity index (χ4n) is 2.21. The maximum absolute atomic E-state index is 6.27. The van der Waals surface area contributed by atoms with Crippen molar-refractivity contribution < 1.29 is 0 Å². The Morgan fingerprint density at radius 3 is 2.33 bits per heavy atom. The van der Waals surface area contributed by atoms with E-state index in [-0.39, 0.29) is 6.04 Å². The van der Waals surface area contributed by atoms with E-state index < -0.39 is 0 Å². The molecule has 0 fully saturated rings. The summed E-state index contributed by atoms with van der Waals surface area (Å²) < 4.78 is 0. The van der Waals surface area contributed by atoms with Gasteiger partial charge in [0.05, 0.1) is 0 Å². The maximum atomic E-state index is 6.27. The van der Waals surface area contributed by atoms with E-state index in [1.165, 1.54) is 22.3 Å². The summed E-state index contributed by atoms with van der Waals surface area (Å²) in [6, 6.07) is 17.3. The van der Waals surface area contributed by atoms with Crippen LogP contribution in [0.2, 0.25) is 0 Å². The lowest BCUT2D eigenvalue weighted by Crippen LogP contribution is -2.13. The van der Waals surface area contributed by atoms with E-state index >= 15 is 0 Å². The number of aryl methyl sites for hydroxylation is 2. The molecular weight excluding hydrogens is 218 g/mol. The molecule has 1 heteroatoms. The van der Waals surface area contributed by atoms with Crippen LogP contribution in [-0.2, 0) is 12.8 Å². The largest absolute Gasteiger partial charge is 0.324 e. The van der Waals surface area contributed by atoms with E-state index in [9.17, 15) is 0 Å². The van der Waals surface area contributed by atoms with Gasteiger partial charge < -0.3 is 5.73 Å². The third kappa shape index (κ3) is 3.21. The van der Waals surface area contributed by atoms with Gasteiger partial charge in [0.2, 0.25) is 0 Å². The first-order valence-corrected chi connectivity index (χ1v) is 6.59. The molecule has 0 aliphatic heterocycles. The van der Waals surface area contributed by atoms with Crippen LogP contribution in [0.5, 0.6) is 0 Å². The van der Waals surface area contributed by atoms with Gasteiger partial charge in [0.25, 0.3) is 0 Å². The van der Waals surface area contributed by atoms with Crippen molar-refractivity contribution in [3.63, 3.8) is 0 Å². The van der Waals surface area contributed by atoms with E-state index in [0.717, 1.165) is 12.8 Å². The summed E-state index contributed by atoms with van der Waals surface area (Å²) >= 11 is 0. The van der Waals surface area contributed by atoms with Crippen LogP contribution in [0.25, 0.3) is 0 Å². The molecule has 0 spiro atoms. The molecule has 0 saturated carbocycles. The standard InChI is InChI=1S/C17H21N/c1-3-14-7-9-16(10-8-14)17(18)12-15-6-4-5-13(2)11-15/h4-11,17H,3,12,18H2,1-2H3. The van der Waals surface area contributed by atoms with Gasteiger partial charge in [0.15, 0.2) is 0 Å². The lowest BCUT2D eigenvalue weighted by Gasteiger charge is -2.13. The highest BCUT2D eigenvalue weighted by molar-refractivity contribution is 5.28. The van der Waals surface area contributed by atoms with E-state index in [4.69, 9.17) is 5.73 Å². The van der Waals surface area contributed by atoms with Gasteiger partial charge in [-0.2, -0.15) is 0 Å². The molecule has 0 bridgehead atoms. The van der Waals surface area contributed by atoms with E-state index in [1.54, 1.807) is 0 Å². The Bertz CT molecular complexity index is 499. The molecule has 0 aliphatic rings. The summed E-state index contributed by atoms with van der Waals surface area (Å²) in [5.74, 6) is 0. The number of hydrogen-bond acceptors (Lipinski definition) is 1. The first kappa shape index (κ1) is 12.8. The molecule has 18 heavy (non-hydrogen) atoms. The van der Waals surface area contributed by atoms with Crippen molar-refractivity contribution in [2.24, 2.45) is 5.73 Å². The minimum atomic E-state index is 0.0812. The molecule has 1 unspecified atom stereocenters. The molecule has 0 radical (unpaired) electrons. The van der Waals surface area contributed by atoms with Crippen molar-refractivity contribution in [2.45, 2.75) is 32.7 Å². The van der Waals surface area contributed by atoms with Gasteiger partial charge in [-0.05, 0) is 36.5 Å². The third-order valence-corrected chi connectivity index (χ3v) is 3.35. The summed E-state index contributed by atoms with van der Waals surface area (Å²) in [6.45, 7) is 4.28. The second kappa shape index (κ2) is 5.83. The molecule has 0 aromatic heterocycles. The SMILES string of the molecule is CCc1ccc(C(N)Cc2cccc(C)c2)cc1. The fourth-order valence-corrected chi connectivity index (χ4v) is 2.21. The first-order chi connectivity index (χ1) is 8.69. The summed E-state index contributed by atoms with van der Waals surface area (Å²) in [5.41, 5.74) is 11.4. The highest BCUT2D eigenvalue weighted by Crippen LogP contribution is 2.17. The quantitative estimate of drug-likeness (QED) is 0.863. The van der Waals surface area contributed by atoms with Crippen LogP contribution in [0.1, 0.15) is 35.2 Å². The van der Waals surface area contributed by atoms with Crippen molar-refractivity contribution in [3.8, 4) is 0 Å². The molecule has 1 nitrogen and oxygen atoms in total. The van der Waals surface area contributed by atoms with Crippen LogP contribution in [0.3, 0.4) is 0 Å². The Morgan fingerprint density at radius 2 is 1.72 bits per heavy atom. The Morgan fingerprint density at radius 1 is 1.00 bits per heavy atom. The van der Waals surface area contributed by atoms with Crippen LogP contribution in [-0.4, -0.2) is 0 Å². The zero-order chi connectivity index (χ0) is 13.0. The molecule has 2 aromatic rings. The zero-order valence-corrected chi connectivity index (χ0v) is 11.2. The number of rotatable bonds is 4. The van der Waals surface area contributed by atoms with Crippen LogP contribution < -0.4 is 5.73 Å². The second-order valence-corrected chi connectivity index (χ2v) is 4.89. The van der Waals surface area contributed by atoms with Gasteiger partial charge in [-0.1, -0.05) is 61.0 Å². The normalized spacial score (nSPS) is 12.4. The van der Waals surface area contributed by atoms with Crippen molar-refractivity contribution in [1.29, 1.82) is 0 Å². The van der Waals surface area contributed by atoms with Gasteiger partial charge in [0.1, 0.15) is 0 Å². The minimum absolute atomic E-state index is 0.0812. The van der Waals surface area contributed by atoms with Gasteiger partial charge in [-0.15, -0.1) is 0 Å². The Balaban J connectivity index is 2.09. The van der Waals surface area contributed by atoms with E-state index in [0.29, 0.717) is 0 Å². The molecule has 1 atom stereocenters. The molecule has 2 rings (SSSR count). The summed E-state index contributed by atoms with van der Waals surface area (Å²) in [4.78, 5) is 0. The predicted octanol–water partition coefficient (Wildman–Crippen LogP) is 3.80. The average Bonchev–Trinajstić information content (AvgIpc) is 2.39. The second-order valence-electron chi connectivity index (χ2n) is 4.89. The fraction of sp³-hybridized carbons (Fsp3) is 0.294. The van der Waals surface area contributed by atoms with Crippen molar-refractivity contribution in [2.75, 3.05) is 0 Å². The van der Waals surface area contributed by atoms with Crippen molar-refractivity contribution in [1.82, 2.24) is 0 Å². The van der Waals surface area contributed by atoms with Crippen molar-refractivity contribution >= 4 is 0 Å². The predicted molar refractivity (Wildman–Crippen MR) is 77.6 cm³/mol. The third-order valence-electron chi connectivity index (χ3n) is 3.35. The van der Waals surface area contributed by atoms with Gasteiger partial charge in [-0.3, -0.25) is 0 Å². The smallest absolute Gasteiger partial charge is 0.0335 e. The molecule has 0 saturated heterocycles. The molecule has 2 N–H and O–H groups in total. The van der Waals surface area contributed by atoms with E-state index in [2.05, 4.69) is 62.4 Å². The zero-order valence-electron chi connectivity index (χ0n) is 11.2. The molecule has 0 heterocycles. The van der Waals surface area contributed by atoms with E-state index in [1.807, 2.05) is 0 Å². The van der Waals surface area contributed by atoms with Gasteiger partial charge in [-0.25, -0.2) is 0 Å².